The fourth-order valence-electron chi connectivity index (χ4n) is 7.26. The van der Waals surface area contributed by atoms with Crippen molar-refractivity contribution in [2.75, 3.05) is 0 Å². The molecular weight excluding hydrogens is 698 g/mol. The van der Waals surface area contributed by atoms with Crippen molar-refractivity contribution in [1.29, 1.82) is 0 Å². The maximum Gasteiger partial charge on any atom is 0.407 e. The highest BCUT2D eigenvalue weighted by molar-refractivity contribution is 5.62. The molecule has 0 N–H and O–H groups in total. The van der Waals surface area contributed by atoms with Crippen LogP contribution in [-0.4, -0.2) is 82.4 Å². The molecule has 43 heavy (non-hydrogen) atoms. The minimum atomic E-state index is -9.46. The normalized spacial score (nSPS) is 49.0. The van der Waals surface area contributed by atoms with E-state index in [0.29, 0.717) is 0 Å². The monoisotopic (exact) mass is 700 g/mol. The van der Waals surface area contributed by atoms with Gasteiger partial charge < -0.3 is 0 Å². The zero-order valence-corrected chi connectivity index (χ0v) is 18.5. The second kappa shape index (κ2) is 6.81. The summed E-state index contributed by atoms with van der Waals surface area (Å²) in [6.45, 7) is 0. The lowest BCUT2D eigenvalue weighted by molar-refractivity contribution is -0.678. The average Bonchev–Trinajstić information content (AvgIpc) is 2.76. The van der Waals surface area contributed by atoms with Gasteiger partial charge in [0.1, 0.15) is 5.41 Å². The van der Waals surface area contributed by atoms with Gasteiger partial charge in [0.05, 0.1) is 6.42 Å². The maximum atomic E-state index is 16.2. The van der Waals surface area contributed by atoms with Crippen LogP contribution < -0.4 is 0 Å². The molecule has 0 bridgehead atoms. The Bertz CT molecular complexity index is 1270. The lowest BCUT2D eigenvalue weighted by Crippen LogP contribution is -3.16. The van der Waals surface area contributed by atoms with E-state index in [9.17, 15) is 96.6 Å². The lowest BCUT2D eigenvalue weighted by Gasteiger charge is -2.87. The second-order valence-corrected chi connectivity index (χ2v) is 10.2. The molecule has 4 aliphatic carbocycles. The molecule has 0 spiro atoms. The van der Waals surface area contributed by atoms with E-state index in [1.807, 2.05) is 0 Å². The van der Waals surface area contributed by atoms with E-state index in [-0.39, 0.29) is 0 Å². The molecule has 0 aliphatic heterocycles. The van der Waals surface area contributed by atoms with Crippen LogP contribution in [0.2, 0.25) is 0 Å². The molecule has 26 heteroatoms. The predicted octanol–water partition coefficient (Wildman–Crippen LogP) is 8.44. The molecule has 0 saturated heterocycles. The van der Waals surface area contributed by atoms with Gasteiger partial charge in [0, 0.05) is 0 Å². The molecule has 4 saturated carbocycles. The first kappa shape index (κ1) is 34.1. The molecule has 0 amide bonds. The average molecular weight is 700 g/mol. The Balaban J connectivity index is 2.48. The number of halogens is 26. The number of hydrogen-bond donors (Lipinski definition) is 0. The summed E-state index contributed by atoms with van der Waals surface area (Å²) < 4.78 is 376. The van der Waals surface area contributed by atoms with E-state index in [0.717, 1.165) is 0 Å². The minimum absolute atomic E-state index is 5.61. The molecule has 0 nitrogen and oxygen atoms in total. The standard InChI is InChI=1S/C17H2F26/c18-3(19,20)1-2-5(21)4(17(41,42)43,9(25,26)10(5,27)28)6(2,22)11(29,30)13(33,34)8(24)7(2,23)12(31,32)15(37,38)16(39,40)14(8,35)36/h1H2/t2-,4-,5+,6-,7-,8-/m1/s1. The summed E-state index contributed by atoms with van der Waals surface area (Å²) >= 11 is 0. The Hall–Kier alpha value is -1.82. The van der Waals surface area contributed by atoms with Crippen LogP contribution in [-0.2, 0) is 0 Å². The summed E-state index contributed by atoms with van der Waals surface area (Å²) in [6, 6.07) is 0. The summed E-state index contributed by atoms with van der Waals surface area (Å²) in [5.74, 6) is -71.2. The third-order valence-corrected chi connectivity index (χ3v) is 8.77. The molecule has 4 aliphatic rings. The number of rotatable bonds is 1. The highest BCUT2D eigenvalue weighted by Gasteiger charge is 3.30. The van der Waals surface area contributed by atoms with Gasteiger partial charge in [-0.2, -0.15) is 96.6 Å². The Kier molecular flexibility index (Phi) is 5.39. The van der Waals surface area contributed by atoms with Gasteiger partial charge in [-0.3, -0.25) is 0 Å². The van der Waals surface area contributed by atoms with Crippen LogP contribution in [0, 0.1) is 10.8 Å². The molecule has 0 aromatic heterocycles. The van der Waals surface area contributed by atoms with Gasteiger partial charge in [-0.15, -0.1) is 0 Å². The van der Waals surface area contributed by atoms with Crippen LogP contribution in [0.25, 0.3) is 0 Å². The maximum absolute atomic E-state index is 16.2. The van der Waals surface area contributed by atoms with E-state index in [2.05, 4.69) is 0 Å². The molecule has 0 aromatic carbocycles. The molecular formula is C17H2F26. The quantitative estimate of drug-likeness (QED) is 0.241. The number of alkyl halides is 26. The molecule has 0 unspecified atom stereocenters. The summed E-state index contributed by atoms with van der Waals surface area (Å²) in [6.07, 6.45) is -21.9. The van der Waals surface area contributed by atoms with Gasteiger partial charge in [0.2, 0.25) is 22.4 Å². The number of hydrogen-bond acceptors (Lipinski definition) is 0. The first-order chi connectivity index (χ1) is 18.2. The summed E-state index contributed by atoms with van der Waals surface area (Å²) in [5, 5.41) is 0. The third kappa shape index (κ3) is 2.12. The molecule has 4 rings (SSSR count). The van der Waals surface area contributed by atoms with E-state index >= 15 is 17.6 Å². The predicted molar refractivity (Wildman–Crippen MR) is 76.5 cm³/mol. The van der Waals surface area contributed by atoms with Crippen LogP contribution >= 0.6 is 0 Å². The Morgan fingerprint density at radius 1 is 0.302 bits per heavy atom. The van der Waals surface area contributed by atoms with Crippen molar-refractivity contribution >= 4 is 0 Å². The lowest BCUT2D eigenvalue weighted by atomic mass is 9.16. The van der Waals surface area contributed by atoms with Crippen molar-refractivity contribution in [3.05, 3.63) is 0 Å². The van der Waals surface area contributed by atoms with Crippen LogP contribution in [0.15, 0.2) is 0 Å². The van der Waals surface area contributed by atoms with Crippen molar-refractivity contribution in [3.8, 4) is 0 Å². The van der Waals surface area contributed by atoms with Crippen molar-refractivity contribution in [3.63, 3.8) is 0 Å². The van der Waals surface area contributed by atoms with Gasteiger partial charge in [-0.25, -0.2) is 17.6 Å². The first-order valence-electron chi connectivity index (χ1n) is 10.1. The van der Waals surface area contributed by atoms with E-state index in [1.54, 1.807) is 0 Å². The van der Waals surface area contributed by atoms with Gasteiger partial charge in [-0.1, -0.05) is 0 Å². The summed E-state index contributed by atoms with van der Waals surface area (Å²) in [4.78, 5) is 0. The van der Waals surface area contributed by atoms with E-state index < -0.39 is 99.7 Å². The molecule has 4 fully saturated rings. The highest BCUT2D eigenvalue weighted by Crippen LogP contribution is 3.02. The molecule has 252 valence electrons. The highest BCUT2D eigenvalue weighted by atomic mass is 19.4. The Labute approximate surface area is 215 Å². The fourth-order valence-corrected chi connectivity index (χ4v) is 7.26. The SMILES string of the molecule is FC(F)(F)C[C@@]12[C@@]3(F)C(F)(F)C(F)(F)[C@]3(C(F)(F)F)[C@@]1(F)C(F)(F)C(F)(F)[C@@]1(F)C(F)(F)C(F)(F)C(F)(F)C(F)(F)[C@]12F. The molecule has 0 aromatic rings. The number of fused-ring (bicyclic) bond motifs is 6. The molecule has 0 radical (unpaired) electrons. The van der Waals surface area contributed by atoms with Crippen LogP contribution in [0.5, 0.6) is 0 Å². The van der Waals surface area contributed by atoms with Gasteiger partial charge in [-0.05, 0) is 0 Å². The third-order valence-electron chi connectivity index (χ3n) is 8.77. The Morgan fingerprint density at radius 3 is 0.860 bits per heavy atom. The van der Waals surface area contributed by atoms with Crippen LogP contribution in [0.4, 0.5) is 114 Å². The minimum Gasteiger partial charge on any atom is -0.235 e. The van der Waals surface area contributed by atoms with Crippen molar-refractivity contribution in [2.24, 2.45) is 10.8 Å². The van der Waals surface area contributed by atoms with Crippen molar-refractivity contribution < 1.29 is 114 Å². The van der Waals surface area contributed by atoms with Crippen LogP contribution in [0.1, 0.15) is 6.42 Å². The zero-order chi connectivity index (χ0) is 34.7. The van der Waals surface area contributed by atoms with Gasteiger partial charge in [0.25, 0.3) is 5.67 Å². The summed E-state index contributed by atoms with van der Waals surface area (Å²) in [5.41, 5.74) is -53.4. The second-order valence-electron chi connectivity index (χ2n) is 10.2. The molecule has 6 atom stereocenters. The van der Waals surface area contributed by atoms with Crippen LogP contribution in [0.3, 0.4) is 0 Å². The van der Waals surface area contributed by atoms with E-state index in [4.69, 9.17) is 0 Å². The smallest absolute Gasteiger partial charge is 0.235 e. The van der Waals surface area contributed by atoms with Crippen molar-refractivity contribution in [2.45, 2.75) is 88.8 Å². The molecule has 0 heterocycles. The first-order valence-corrected chi connectivity index (χ1v) is 10.1. The van der Waals surface area contributed by atoms with E-state index in [1.165, 1.54) is 0 Å². The zero-order valence-electron chi connectivity index (χ0n) is 18.5. The fraction of sp³-hybridized carbons (Fsp3) is 1.00. The van der Waals surface area contributed by atoms with Crippen molar-refractivity contribution in [1.82, 2.24) is 0 Å². The van der Waals surface area contributed by atoms with Gasteiger partial charge in [0.15, 0.2) is 0 Å². The summed E-state index contributed by atoms with van der Waals surface area (Å²) in [7, 11) is 0. The Morgan fingerprint density at radius 2 is 0.558 bits per heavy atom. The topological polar surface area (TPSA) is 0 Å². The largest absolute Gasteiger partial charge is 0.407 e. The van der Waals surface area contributed by atoms with Gasteiger partial charge >= 0.3 is 59.7 Å².